The number of benzene rings is 3. The number of amides is 1. The first-order chi connectivity index (χ1) is 16.3. The van der Waals surface area contributed by atoms with Crippen LogP contribution in [0.25, 0.3) is 28.6 Å². The van der Waals surface area contributed by atoms with Gasteiger partial charge >= 0.3 is 0 Å². The zero-order valence-corrected chi connectivity index (χ0v) is 20.5. The molecule has 172 valence electrons. The number of nitrogens with zero attached hydrogens (tertiary/aromatic N) is 1. The van der Waals surface area contributed by atoms with E-state index in [4.69, 9.17) is 16.6 Å². The predicted molar refractivity (Wildman–Crippen MR) is 143 cm³/mol. The lowest BCUT2D eigenvalue weighted by molar-refractivity contribution is -0.115. The van der Waals surface area contributed by atoms with Gasteiger partial charge in [0.2, 0.25) is 11.8 Å². The number of thiocarbonyl (C=S) groups is 1. The first-order valence-electron chi connectivity index (χ1n) is 11.2. The highest BCUT2D eigenvalue weighted by molar-refractivity contribution is 7.80. The molecule has 1 aromatic heterocycles. The van der Waals surface area contributed by atoms with Gasteiger partial charge in [0, 0.05) is 17.3 Å². The van der Waals surface area contributed by atoms with E-state index in [1.54, 1.807) is 6.08 Å². The maximum Gasteiger partial charge on any atom is 0.250 e. The largest absolute Gasteiger partial charge is 0.436 e. The molecule has 34 heavy (non-hydrogen) atoms. The second kappa shape index (κ2) is 10.0. The van der Waals surface area contributed by atoms with Crippen LogP contribution in [0.2, 0.25) is 0 Å². The molecule has 0 aliphatic rings. The van der Waals surface area contributed by atoms with Gasteiger partial charge in [-0.3, -0.25) is 10.1 Å². The van der Waals surface area contributed by atoms with Crippen molar-refractivity contribution >= 4 is 46.1 Å². The molecular formula is C28H27N3O2S. The van der Waals surface area contributed by atoms with Crippen molar-refractivity contribution in [2.24, 2.45) is 0 Å². The summed E-state index contributed by atoms with van der Waals surface area (Å²) in [7, 11) is 0. The molecule has 0 fully saturated rings. The molecule has 5 nitrogen and oxygen atoms in total. The van der Waals surface area contributed by atoms with E-state index in [0.717, 1.165) is 11.1 Å². The van der Waals surface area contributed by atoms with Gasteiger partial charge in [0.1, 0.15) is 5.52 Å². The van der Waals surface area contributed by atoms with Gasteiger partial charge in [0.05, 0.1) is 0 Å². The summed E-state index contributed by atoms with van der Waals surface area (Å²) in [5, 5.41) is 5.91. The normalized spacial score (nSPS) is 11.3. The SMILES string of the molecule is Cc1ccc(-c2nc3cc(NC(=S)NC(=O)C=Cc4ccc(C(C)C)cc4)ccc3o2)cc1C. The van der Waals surface area contributed by atoms with Gasteiger partial charge in [0.15, 0.2) is 10.7 Å². The predicted octanol–water partition coefficient (Wildman–Crippen LogP) is 6.76. The molecule has 0 aliphatic heterocycles. The first kappa shape index (κ1) is 23.4. The lowest BCUT2D eigenvalue weighted by Gasteiger charge is -2.08. The molecule has 4 rings (SSSR count). The van der Waals surface area contributed by atoms with Crippen LogP contribution >= 0.6 is 12.2 Å². The topological polar surface area (TPSA) is 67.2 Å². The molecule has 6 heteroatoms. The van der Waals surface area contributed by atoms with Crippen LogP contribution in [0.4, 0.5) is 5.69 Å². The highest BCUT2D eigenvalue weighted by atomic mass is 32.1. The summed E-state index contributed by atoms with van der Waals surface area (Å²) in [6.07, 6.45) is 3.23. The lowest BCUT2D eigenvalue weighted by Crippen LogP contribution is -2.32. The van der Waals surface area contributed by atoms with E-state index in [-0.39, 0.29) is 11.0 Å². The van der Waals surface area contributed by atoms with Gasteiger partial charge in [-0.15, -0.1) is 0 Å². The molecule has 0 spiro atoms. The van der Waals surface area contributed by atoms with Crippen LogP contribution in [0.5, 0.6) is 0 Å². The van der Waals surface area contributed by atoms with Crippen molar-refractivity contribution in [2.45, 2.75) is 33.6 Å². The molecule has 0 saturated heterocycles. The van der Waals surface area contributed by atoms with E-state index in [9.17, 15) is 4.79 Å². The summed E-state index contributed by atoms with van der Waals surface area (Å²) in [5.74, 6) is 0.738. The molecule has 0 bridgehead atoms. The molecular weight excluding hydrogens is 442 g/mol. The van der Waals surface area contributed by atoms with Crippen LogP contribution < -0.4 is 10.6 Å². The Morgan fingerprint density at radius 2 is 1.76 bits per heavy atom. The fourth-order valence-electron chi connectivity index (χ4n) is 3.48. The average molecular weight is 470 g/mol. The minimum atomic E-state index is -0.301. The van der Waals surface area contributed by atoms with Crippen molar-refractivity contribution in [3.63, 3.8) is 0 Å². The Morgan fingerprint density at radius 3 is 2.47 bits per heavy atom. The second-order valence-electron chi connectivity index (χ2n) is 8.60. The minimum Gasteiger partial charge on any atom is -0.436 e. The Labute approximate surface area is 204 Å². The fourth-order valence-corrected chi connectivity index (χ4v) is 3.70. The maximum absolute atomic E-state index is 12.3. The summed E-state index contributed by atoms with van der Waals surface area (Å²) in [6.45, 7) is 8.44. The van der Waals surface area contributed by atoms with E-state index in [1.165, 1.54) is 22.8 Å². The van der Waals surface area contributed by atoms with E-state index in [2.05, 4.69) is 67.6 Å². The molecule has 4 aromatic rings. The van der Waals surface area contributed by atoms with Gasteiger partial charge in [0.25, 0.3) is 0 Å². The Bertz CT molecular complexity index is 1380. The smallest absolute Gasteiger partial charge is 0.250 e. The third-order valence-corrected chi connectivity index (χ3v) is 5.87. The first-order valence-corrected chi connectivity index (χ1v) is 11.6. The summed E-state index contributed by atoms with van der Waals surface area (Å²) >= 11 is 5.30. The van der Waals surface area contributed by atoms with Crippen molar-refractivity contribution in [1.82, 2.24) is 10.3 Å². The highest BCUT2D eigenvalue weighted by Gasteiger charge is 2.10. The van der Waals surface area contributed by atoms with Gasteiger partial charge in [-0.2, -0.15) is 0 Å². The Hall–Kier alpha value is -3.77. The summed E-state index contributed by atoms with van der Waals surface area (Å²) in [4.78, 5) is 16.9. The average Bonchev–Trinajstić information content (AvgIpc) is 3.23. The van der Waals surface area contributed by atoms with Gasteiger partial charge < -0.3 is 9.73 Å². The van der Waals surface area contributed by atoms with Crippen LogP contribution in [0.3, 0.4) is 0 Å². The number of hydrogen-bond donors (Lipinski definition) is 2. The zero-order valence-electron chi connectivity index (χ0n) is 19.7. The van der Waals surface area contributed by atoms with E-state index in [1.807, 2.05) is 36.4 Å². The van der Waals surface area contributed by atoms with Crippen molar-refractivity contribution in [3.8, 4) is 11.5 Å². The van der Waals surface area contributed by atoms with Crippen LogP contribution in [-0.2, 0) is 4.79 Å². The monoisotopic (exact) mass is 469 g/mol. The van der Waals surface area contributed by atoms with Crippen LogP contribution in [0.1, 0.15) is 42.0 Å². The molecule has 0 saturated carbocycles. The molecule has 2 N–H and O–H groups in total. The number of fused-ring (bicyclic) bond motifs is 1. The second-order valence-corrected chi connectivity index (χ2v) is 9.01. The van der Waals surface area contributed by atoms with Crippen molar-refractivity contribution in [2.75, 3.05) is 5.32 Å². The third-order valence-electron chi connectivity index (χ3n) is 5.67. The number of oxazole rings is 1. The highest BCUT2D eigenvalue weighted by Crippen LogP contribution is 2.27. The number of aromatic nitrogens is 1. The minimum absolute atomic E-state index is 0.210. The zero-order chi connectivity index (χ0) is 24.2. The Morgan fingerprint density at radius 1 is 1.00 bits per heavy atom. The maximum atomic E-state index is 12.3. The molecule has 0 atom stereocenters. The number of carbonyl (C=O) groups excluding carboxylic acids is 1. The van der Waals surface area contributed by atoms with E-state index >= 15 is 0 Å². The number of hydrogen-bond acceptors (Lipinski definition) is 4. The quantitative estimate of drug-likeness (QED) is 0.250. The number of nitrogens with one attached hydrogen (secondary N) is 2. The summed E-state index contributed by atoms with van der Waals surface area (Å²) in [5.41, 5.74) is 7.66. The van der Waals surface area contributed by atoms with Crippen molar-refractivity contribution in [3.05, 3.63) is 89.0 Å². The van der Waals surface area contributed by atoms with Crippen LogP contribution in [0.15, 0.2) is 71.2 Å². The number of rotatable bonds is 5. The molecule has 1 amide bonds. The standard InChI is InChI=1S/C28H27N3O2S/c1-17(2)21-10-6-20(7-11-21)8-14-26(32)31-28(34)29-23-12-13-25-24(16-23)30-27(33-25)22-9-5-18(3)19(4)15-22/h5-17H,1-4H3,(H2,29,31,32,34). The Balaban J connectivity index is 1.39. The molecule has 0 radical (unpaired) electrons. The number of carbonyl (C=O) groups is 1. The number of aryl methyl sites for hydroxylation is 2. The third kappa shape index (κ3) is 5.58. The van der Waals surface area contributed by atoms with E-state index in [0.29, 0.717) is 28.6 Å². The lowest BCUT2D eigenvalue weighted by atomic mass is 10.0. The van der Waals surface area contributed by atoms with Crippen LogP contribution in [0, 0.1) is 13.8 Å². The van der Waals surface area contributed by atoms with Gasteiger partial charge in [-0.05, 0) is 90.6 Å². The Kier molecular flexibility index (Phi) is 6.89. The molecule has 0 unspecified atom stereocenters. The summed E-state index contributed by atoms with van der Waals surface area (Å²) in [6, 6.07) is 19.8. The molecule has 0 aliphatic carbocycles. The number of anilines is 1. The van der Waals surface area contributed by atoms with Gasteiger partial charge in [-0.1, -0.05) is 44.2 Å². The van der Waals surface area contributed by atoms with E-state index < -0.39 is 0 Å². The summed E-state index contributed by atoms with van der Waals surface area (Å²) < 4.78 is 5.92. The van der Waals surface area contributed by atoms with Gasteiger partial charge in [-0.25, -0.2) is 4.98 Å². The fraction of sp³-hybridized carbons (Fsp3) is 0.179. The molecule has 3 aromatic carbocycles. The molecule has 1 heterocycles. The van der Waals surface area contributed by atoms with Crippen molar-refractivity contribution < 1.29 is 9.21 Å². The van der Waals surface area contributed by atoms with Crippen LogP contribution in [-0.4, -0.2) is 16.0 Å². The van der Waals surface area contributed by atoms with Crippen molar-refractivity contribution in [1.29, 1.82) is 0 Å².